The summed E-state index contributed by atoms with van der Waals surface area (Å²) in [6, 6.07) is 0. The minimum Gasteiger partial charge on any atom is -0.330 e. The number of unbranched alkanes of at least 4 members (excludes halogenated alkanes) is 5. The Morgan fingerprint density at radius 1 is 0.786 bits per heavy atom. The molecule has 1 unspecified atom stereocenters. The van der Waals surface area contributed by atoms with E-state index in [-0.39, 0.29) is 0 Å². The van der Waals surface area contributed by atoms with Crippen molar-refractivity contribution in [3.63, 3.8) is 0 Å². The molecule has 14 heavy (non-hydrogen) atoms. The highest BCUT2D eigenvalue weighted by Crippen LogP contribution is 2.16. The van der Waals surface area contributed by atoms with E-state index in [0.717, 1.165) is 12.5 Å². The van der Waals surface area contributed by atoms with Crippen LogP contribution in [0.3, 0.4) is 0 Å². The van der Waals surface area contributed by atoms with Crippen molar-refractivity contribution in [2.24, 2.45) is 11.7 Å². The molecule has 0 aliphatic heterocycles. The topological polar surface area (TPSA) is 26.0 Å². The SMILES string of the molecule is CCCCCCCC(CN)CCCC. The Kier molecular flexibility index (Phi) is 11.0. The van der Waals surface area contributed by atoms with E-state index in [4.69, 9.17) is 5.73 Å². The van der Waals surface area contributed by atoms with E-state index < -0.39 is 0 Å². The minimum absolute atomic E-state index is 0.802. The van der Waals surface area contributed by atoms with E-state index >= 15 is 0 Å². The molecule has 0 radical (unpaired) electrons. The maximum Gasteiger partial charge on any atom is -0.00489 e. The van der Waals surface area contributed by atoms with Gasteiger partial charge in [0.2, 0.25) is 0 Å². The molecule has 0 rings (SSSR count). The van der Waals surface area contributed by atoms with E-state index in [2.05, 4.69) is 13.8 Å². The molecule has 0 spiro atoms. The second kappa shape index (κ2) is 11.0. The summed E-state index contributed by atoms with van der Waals surface area (Å²) in [6.07, 6.45) is 12.4. The van der Waals surface area contributed by atoms with Gasteiger partial charge in [-0.2, -0.15) is 0 Å². The van der Waals surface area contributed by atoms with Gasteiger partial charge in [-0.05, 0) is 25.3 Å². The molecule has 0 aliphatic rings. The van der Waals surface area contributed by atoms with Crippen molar-refractivity contribution in [1.29, 1.82) is 0 Å². The summed E-state index contributed by atoms with van der Waals surface area (Å²) in [4.78, 5) is 0. The van der Waals surface area contributed by atoms with Gasteiger partial charge in [0.25, 0.3) is 0 Å². The Morgan fingerprint density at radius 3 is 1.93 bits per heavy atom. The van der Waals surface area contributed by atoms with Crippen LogP contribution in [0.25, 0.3) is 0 Å². The number of hydrogen-bond donors (Lipinski definition) is 1. The van der Waals surface area contributed by atoms with Crippen LogP contribution in [-0.2, 0) is 0 Å². The molecule has 0 aromatic heterocycles. The monoisotopic (exact) mass is 199 g/mol. The molecule has 0 aromatic rings. The Bertz CT molecular complexity index is 101. The first-order valence-corrected chi connectivity index (χ1v) is 6.55. The molecule has 0 bridgehead atoms. The minimum atomic E-state index is 0.802. The Morgan fingerprint density at radius 2 is 1.36 bits per heavy atom. The van der Waals surface area contributed by atoms with Gasteiger partial charge >= 0.3 is 0 Å². The molecule has 0 aromatic carbocycles. The van der Waals surface area contributed by atoms with Crippen molar-refractivity contribution in [1.82, 2.24) is 0 Å². The van der Waals surface area contributed by atoms with E-state index in [1.165, 1.54) is 57.8 Å². The summed E-state index contributed by atoms with van der Waals surface area (Å²) in [5, 5.41) is 0. The first-order chi connectivity index (χ1) is 6.85. The summed E-state index contributed by atoms with van der Waals surface area (Å²) in [5.74, 6) is 0.802. The molecule has 0 saturated carbocycles. The van der Waals surface area contributed by atoms with Crippen molar-refractivity contribution in [2.75, 3.05) is 6.54 Å². The van der Waals surface area contributed by atoms with E-state index in [0.29, 0.717) is 0 Å². The second-order valence-corrected chi connectivity index (χ2v) is 4.45. The molecular formula is C13H29N. The van der Waals surface area contributed by atoms with Crippen LogP contribution in [0.1, 0.15) is 71.6 Å². The van der Waals surface area contributed by atoms with Gasteiger partial charge in [-0.15, -0.1) is 0 Å². The molecule has 0 heterocycles. The standard InChI is InChI=1S/C13H29N/c1-3-5-7-8-9-11-13(12-14)10-6-4-2/h13H,3-12,14H2,1-2H3. The fraction of sp³-hybridized carbons (Fsp3) is 1.00. The van der Waals surface area contributed by atoms with Crippen LogP contribution in [0.2, 0.25) is 0 Å². The highest BCUT2D eigenvalue weighted by atomic mass is 14.5. The lowest BCUT2D eigenvalue weighted by Gasteiger charge is -2.13. The van der Waals surface area contributed by atoms with Crippen molar-refractivity contribution in [3.05, 3.63) is 0 Å². The zero-order valence-electron chi connectivity index (χ0n) is 10.2. The Hall–Kier alpha value is -0.0400. The molecule has 1 atom stereocenters. The van der Waals surface area contributed by atoms with Crippen LogP contribution in [0.4, 0.5) is 0 Å². The Labute approximate surface area is 90.5 Å². The average Bonchev–Trinajstić information content (AvgIpc) is 2.22. The highest BCUT2D eigenvalue weighted by molar-refractivity contribution is 4.60. The molecule has 0 amide bonds. The van der Waals surface area contributed by atoms with Gasteiger partial charge in [-0.25, -0.2) is 0 Å². The third kappa shape index (κ3) is 8.55. The van der Waals surface area contributed by atoms with Gasteiger partial charge in [0.05, 0.1) is 0 Å². The van der Waals surface area contributed by atoms with Crippen LogP contribution in [0.5, 0.6) is 0 Å². The maximum absolute atomic E-state index is 5.75. The molecule has 0 saturated heterocycles. The lowest BCUT2D eigenvalue weighted by molar-refractivity contribution is 0.419. The van der Waals surface area contributed by atoms with Gasteiger partial charge in [-0.3, -0.25) is 0 Å². The third-order valence-electron chi connectivity index (χ3n) is 3.02. The highest BCUT2D eigenvalue weighted by Gasteiger charge is 2.04. The van der Waals surface area contributed by atoms with Crippen LogP contribution >= 0.6 is 0 Å². The van der Waals surface area contributed by atoms with Crippen LogP contribution in [0.15, 0.2) is 0 Å². The van der Waals surface area contributed by atoms with Crippen molar-refractivity contribution >= 4 is 0 Å². The van der Waals surface area contributed by atoms with Crippen molar-refractivity contribution < 1.29 is 0 Å². The molecule has 86 valence electrons. The molecule has 2 N–H and O–H groups in total. The average molecular weight is 199 g/mol. The van der Waals surface area contributed by atoms with E-state index in [1.54, 1.807) is 0 Å². The summed E-state index contributed by atoms with van der Waals surface area (Å²) in [6.45, 7) is 5.42. The maximum atomic E-state index is 5.75. The van der Waals surface area contributed by atoms with Gasteiger partial charge in [0.1, 0.15) is 0 Å². The number of nitrogens with two attached hydrogens (primary N) is 1. The summed E-state index contributed by atoms with van der Waals surface area (Å²) >= 11 is 0. The lowest BCUT2D eigenvalue weighted by atomic mass is 9.95. The van der Waals surface area contributed by atoms with Crippen molar-refractivity contribution in [2.45, 2.75) is 71.6 Å². The molecule has 1 nitrogen and oxygen atoms in total. The molecule has 0 fully saturated rings. The van der Waals surface area contributed by atoms with Gasteiger partial charge in [0.15, 0.2) is 0 Å². The summed E-state index contributed by atoms with van der Waals surface area (Å²) in [5.41, 5.74) is 5.75. The fourth-order valence-electron chi connectivity index (χ4n) is 1.91. The van der Waals surface area contributed by atoms with Crippen molar-refractivity contribution in [3.8, 4) is 0 Å². The normalized spacial score (nSPS) is 13.1. The molecular weight excluding hydrogens is 170 g/mol. The van der Waals surface area contributed by atoms with Gasteiger partial charge in [-0.1, -0.05) is 58.8 Å². The first kappa shape index (κ1) is 14.0. The lowest BCUT2D eigenvalue weighted by Crippen LogP contribution is -2.14. The largest absolute Gasteiger partial charge is 0.330 e. The predicted octanol–water partition coefficient (Wildman–Crippen LogP) is 4.11. The summed E-state index contributed by atoms with van der Waals surface area (Å²) < 4.78 is 0. The number of rotatable bonds is 10. The zero-order chi connectivity index (χ0) is 10.6. The van der Waals surface area contributed by atoms with Crippen LogP contribution in [-0.4, -0.2) is 6.54 Å². The molecule has 1 heteroatoms. The molecule has 0 aliphatic carbocycles. The van der Waals surface area contributed by atoms with E-state index in [1.807, 2.05) is 0 Å². The first-order valence-electron chi connectivity index (χ1n) is 6.55. The second-order valence-electron chi connectivity index (χ2n) is 4.45. The van der Waals surface area contributed by atoms with E-state index in [9.17, 15) is 0 Å². The summed E-state index contributed by atoms with van der Waals surface area (Å²) in [7, 11) is 0. The van der Waals surface area contributed by atoms with Gasteiger partial charge in [0, 0.05) is 0 Å². The van der Waals surface area contributed by atoms with Gasteiger partial charge < -0.3 is 5.73 Å². The van der Waals surface area contributed by atoms with Crippen LogP contribution < -0.4 is 5.73 Å². The fourth-order valence-corrected chi connectivity index (χ4v) is 1.91. The smallest absolute Gasteiger partial charge is 0.00489 e. The third-order valence-corrected chi connectivity index (χ3v) is 3.02. The Balaban J connectivity index is 3.24. The predicted molar refractivity (Wildman–Crippen MR) is 65.4 cm³/mol. The zero-order valence-corrected chi connectivity index (χ0v) is 10.2. The van der Waals surface area contributed by atoms with Crippen LogP contribution in [0, 0.1) is 5.92 Å². The number of hydrogen-bond acceptors (Lipinski definition) is 1. The quantitative estimate of drug-likeness (QED) is 0.526.